The van der Waals surface area contributed by atoms with Gasteiger partial charge < -0.3 is 24.3 Å². The molecule has 1 aliphatic carbocycles. The van der Waals surface area contributed by atoms with E-state index < -0.39 is 24.4 Å². The molecular weight excluding hydrogens is 515 g/mol. The van der Waals surface area contributed by atoms with Gasteiger partial charge in [-0.2, -0.15) is 0 Å². The molecule has 1 saturated heterocycles. The first-order valence-corrected chi connectivity index (χ1v) is 13.9. The van der Waals surface area contributed by atoms with Crippen LogP contribution in [0.1, 0.15) is 50.3 Å². The van der Waals surface area contributed by atoms with Crippen LogP contribution >= 0.6 is 0 Å². The van der Waals surface area contributed by atoms with Gasteiger partial charge in [0.05, 0.1) is 11.2 Å². The van der Waals surface area contributed by atoms with Gasteiger partial charge >= 0.3 is 13.2 Å². The predicted molar refractivity (Wildman–Crippen MR) is 162 cm³/mol. The van der Waals surface area contributed by atoms with Crippen molar-refractivity contribution in [2.75, 3.05) is 13.2 Å². The third-order valence-electron chi connectivity index (χ3n) is 8.46. The fourth-order valence-electron chi connectivity index (χ4n) is 5.51. The minimum Gasteiger partial charge on any atom is -0.449 e. The fourth-order valence-corrected chi connectivity index (χ4v) is 5.51. The summed E-state index contributed by atoms with van der Waals surface area (Å²) in [5.41, 5.74) is 5.03. The third-order valence-corrected chi connectivity index (χ3v) is 8.46. The van der Waals surface area contributed by atoms with Crippen molar-refractivity contribution >= 4 is 30.1 Å². The van der Waals surface area contributed by atoms with Gasteiger partial charge in [0.25, 0.3) is 0 Å². The van der Waals surface area contributed by atoms with Crippen LogP contribution in [0, 0.1) is 0 Å². The summed E-state index contributed by atoms with van der Waals surface area (Å²) in [7, 11) is -0.663. The summed E-state index contributed by atoms with van der Waals surface area (Å²) >= 11 is 0. The van der Waals surface area contributed by atoms with Crippen LogP contribution in [0.15, 0.2) is 89.3 Å². The lowest BCUT2D eigenvalue weighted by molar-refractivity contribution is 0.00578. The van der Waals surface area contributed by atoms with E-state index in [0.29, 0.717) is 0 Å². The van der Waals surface area contributed by atoms with E-state index in [2.05, 4.69) is 34.6 Å². The van der Waals surface area contributed by atoms with Gasteiger partial charge in [-0.15, -0.1) is 0 Å². The zero-order chi connectivity index (χ0) is 28.8. The van der Waals surface area contributed by atoms with E-state index in [1.54, 1.807) is 12.3 Å². The number of hydrogen-bond donors (Lipinski definition) is 2. The summed E-state index contributed by atoms with van der Waals surface area (Å²) in [6.45, 7) is 8.37. The maximum absolute atomic E-state index is 13.0. The number of benzene rings is 3. The highest BCUT2D eigenvalue weighted by molar-refractivity contribution is 6.56. The largest absolute Gasteiger partial charge is 0.492 e. The van der Waals surface area contributed by atoms with Crippen LogP contribution in [0.3, 0.4) is 0 Å². The predicted octanol–water partition coefficient (Wildman–Crippen LogP) is 6.08. The average molecular weight is 548 g/mol. The Bertz CT molecular complexity index is 1660. The number of hydrogen-bond acceptors (Lipinski definition) is 5. The van der Waals surface area contributed by atoms with E-state index in [4.69, 9.17) is 14.0 Å². The molecule has 0 atom stereocenters. The van der Waals surface area contributed by atoms with Gasteiger partial charge in [0.1, 0.15) is 6.61 Å². The van der Waals surface area contributed by atoms with E-state index in [1.807, 2.05) is 76.2 Å². The first kappa shape index (κ1) is 27.1. The van der Waals surface area contributed by atoms with Gasteiger partial charge in [0, 0.05) is 24.7 Å². The maximum atomic E-state index is 13.0. The van der Waals surface area contributed by atoms with Crippen molar-refractivity contribution in [2.24, 2.45) is 0 Å². The van der Waals surface area contributed by atoms with Crippen LogP contribution in [0.4, 0.5) is 4.79 Å². The second-order valence-corrected chi connectivity index (χ2v) is 11.7. The number of amides is 1. The number of aromatic nitrogens is 1. The molecule has 0 spiro atoms. The second kappa shape index (κ2) is 10.4. The van der Waals surface area contributed by atoms with E-state index in [9.17, 15) is 9.59 Å². The molecule has 0 bridgehead atoms. The number of nitrogens with one attached hydrogen (secondary N) is 2. The van der Waals surface area contributed by atoms with Gasteiger partial charge in [-0.1, -0.05) is 66.7 Å². The zero-order valence-corrected chi connectivity index (χ0v) is 23.7. The van der Waals surface area contributed by atoms with Crippen molar-refractivity contribution in [1.82, 2.24) is 10.3 Å². The van der Waals surface area contributed by atoms with Gasteiger partial charge in [-0.3, -0.25) is 4.79 Å². The van der Waals surface area contributed by atoms with Crippen molar-refractivity contribution in [1.29, 1.82) is 0 Å². The number of ether oxygens (including phenoxy) is 1. The molecule has 1 aliphatic heterocycles. The molecule has 6 rings (SSSR count). The number of rotatable bonds is 6. The Labute approximate surface area is 239 Å². The van der Waals surface area contributed by atoms with E-state index in [0.717, 1.165) is 32.9 Å². The van der Waals surface area contributed by atoms with Gasteiger partial charge in [0.15, 0.2) is 0 Å². The Kier molecular flexibility index (Phi) is 6.84. The summed E-state index contributed by atoms with van der Waals surface area (Å²) in [5.74, 6) is -0.0213. The Balaban J connectivity index is 1.20. The fraction of sp³-hybridized carbons (Fsp3) is 0.273. The molecule has 2 heterocycles. The van der Waals surface area contributed by atoms with Crippen molar-refractivity contribution in [3.63, 3.8) is 0 Å². The molecule has 2 N–H and O–H groups in total. The van der Waals surface area contributed by atoms with E-state index in [-0.39, 0.29) is 24.6 Å². The number of alkyl carbamates (subject to hydrolysis) is 1. The average Bonchev–Trinajstić information content (AvgIpc) is 3.38. The van der Waals surface area contributed by atoms with Crippen LogP contribution in [-0.2, 0) is 14.0 Å². The number of carbonyl (C=O) groups excluding carboxylic acids is 1. The first-order valence-electron chi connectivity index (χ1n) is 13.9. The molecule has 0 unspecified atom stereocenters. The van der Waals surface area contributed by atoms with E-state index in [1.165, 1.54) is 11.1 Å². The molecule has 1 amide bonds. The zero-order valence-electron chi connectivity index (χ0n) is 23.7. The Morgan fingerprint density at radius 1 is 0.927 bits per heavy atom. The monoisotopic (exact) mass is 548 g/mol. The van der Waals surface area contributed by atoms with E-state index >= 15 is 0 Å². The summed E-state index contributed by atoms with van der Waals surface area (Å²) in [4.78, 5) is 27.6. The number of H-pyrrole nitrogens is 1. The Morgan fingerprint density at radius 2 is 1.56 bits per heavy atom. The minimum absolute atomic E-state index is 0.0213. The number of pyridine rings is 1. The molecule has 0 saturated carbocycles. The van der Waals surface area contributed by atoms with Crippen molar-refractivity contribution < 1.29 is 18.8 Å². The number of fused-ring (bicyclic) bond motifs is 4. The lowest BCUT2D eigenvalue weighted by atomic mass is 9.77. The SMILES string of the molecule is CC1(C)OB(C(=Cc2ccc3c[nH]c(=O)cc3c2)CNC(=O)OCC2c3ccccc3-c3ccccc32)OC1(C)C. The van der Waals surface area contributed by atoms with Gasteiger partial charge in [0.2, 0.25) is 5.56 Å². The molecule has 41 heavy (non-hydrogen) atoms. The molecule has 8 heteroatoms. The van der Waals surface area contributed by atoms with Crippen molar-refractivity contribution in [3.05, 3.63) is 112 Å². The lowest BCUT2D eigenvalue weighted by Gasteiger charge is -2.32. The molecule has 0 radical (unpaired) electrons. The van der Waals surface area contributed by atoms with Crippen molar-refractivity contribution in [3.8, 4) is 11.1 Å². The molecule has 3 aromatic carbocycles. The second-order valence-electron chi connectivity index (χ2n) is 11.7. The molecule has 7 nitrogen and oxygen atoms in total. The van der Waals surface area contributed by atoms with Crippen LogP contribution in [-0.4, -0.2) is 42.5 Å². The van der Waals surface area contributed by atoms with Gasteiger partial charge in [-0.05, 0) is 77.8 Å². The van der Waals surface area contributed by atoms with Crippen LogP contribution in [0.5, 0.6) is 0 Å². The van der Waals surface area contributed by atoms with Crippen molar-refractivity contribution in [2.45, 2.75) is 44.8 Å². The molecule has 1 fully saturated rings. The summed E-state index contributed by atoms with van der Waals surface area (Å²) < 4.78 is 18.4. The highest BCUT2D eigenvalue weighted by atomic mass is 16.7. The Hall–Kier alpha value is -4.14. The lowest BCUT2D eigenvalue weighted by Crippen LogP contribution is -2.41. The summed E-state index contributed by atoms with van der Waals surface area (Å²) in [6, 6.07) is 23.9. The summed E-state index contributed by atoms with van der Waals surface area (Å²) in [6.07, 6.45) is 3.12. The highest BCUT2D eigenvalue weighted by Crippen LogP contribution is 2.44. The standard InChI is InChI=1S/C33H33BN2O5/c1-32(2)33(3,4)41-34(40-32)24(16-21-13-14-22-18-35-30(37)17-23(22)15-21)19-36-31(38)39-20-29-27-11-7-5-9-25(27)26-10-6-8-12-28(26)29/h5-18,29H,19-20H2,1-4H3,(H,35,37)(H,36,38). The Morgan fingerprint density at radius 3 is 2.22 bits per heavy atom. The first-order chi connectivity index (χ1) is 19.6. The maximum Gasteiger partial charge on any atom is 0.492 e. The number of carbonyl (C=O) groups is 1. The summed E-state index contributed by atoms with van der Waals surface area (Å²) in [5, 5.41) is 4.65. The quantitative estimate of drug-likeness (QED) is 0.285. The van der Waals surface area contributed by atoms with Gasteiger partial charge in [-0.25, -0.2) is 4.79 Å². The highest BCUT2D eigenvalue weighted by Gasteiger charge is 2.52. The molecule has 1 aromatic heterocycles. The van der Waals surface area contributed by atoms with Crippen LogP contribution in [0.25, 0.3) is 28.0 Å². The molecule has 208 valence electrons. The third kappa shape index (κ3) is 5.21. The minimum atomic E-state index is -0.663. The van der Waals surface area contributed by atoms with Crippen LogP contribution < -0.4 is 10.9 Å². The smallest absolute Gasteiger partial charge is 0.449 e. The molecule has 4 aromatic rings. The molecule has 2 aliphatic rings. The molecular formula is C33H33BN2O5. The normalized spacial score (nSPS) is 17.4. The topological polar surface area (TPSA) is 89.7 Å². The number of aromatic amines is 1. The van der Waals surface area contributed by atoms with Crippen LogP contribution in [0.2, 0.25) is 0 Å².